The van der Waals surface area contributed by atoms with E-state index in [9.17, 15) is 5.11 Å². The standard InChI is InChI=1S/C15H32N2O/c1-4-8-17-9-5-6-14(7-10-17)16-15(12-18)11-13(2)3/h13-16,18H,4-12H2,1-3H3. The van der Waals surface area contributed by atoms with Crippen LogP contribution >= 0.6 is 0 Å². The van der Waals surface area contributed by atoms with Gasteiger partial charge in [-0.05, 0) is 57.7 Å². The minimum Gasteiger partial charge on any atom is -0.395 e. The number of aliphatic hydroxyl groups is 1. The second-order valence-corrected chi connectivity index (χ2v) is 6.15. The van der Waals surface area contributed by atoms with E-state index < -0.39 is 0 Å². The molecule has 0 spiro atoms. The molecule has 1 aliphatic heterocycles. The van der Waals surface area contributed by atoms with Crippen LogP contribution < -0.4 is 5.32 Å². The summed E-state index contributed by atoms with van der Waals surface area (Å²) in [5.41, 5.74) is 0. The van der Waals surface area contributed by atoms with Crippen LogP contribution in [0.4, 0.5) is 0 Å². The zero-order valence-electron chi connectivity index (χ0n) is 12.5. The Hall–Kier alpha value is -0.120. The smallest absolute Gasteiger partial charge is 0.0584 e. The Labute approximate surface area is 113 Å². The van der Waals surface area contributed by atoms with Gasteiger partial charge in [-0.1, -0.05) is 20.8 Å². The summed E-state index contributed by atoms with van der Waals surface area (Å²) in [7, 11) is 0. The maximum absolute atomic E-state index is 9.44. The lowest BCUT2D eigenvalue weighted by atomic mass is 10.0. The van der Waals surface area contributed by atoms with E-state index in [4.69, 9.17) is 0 Å². The van der Waals surface area contributed by atoms with E-state index in [1.807, 2.05) is 0 Å². The molecule has 1 saturated heterocycles. The zero-order valence-corrected chi connectivity index (χ0v) is 12.5. The van der Waals surface area contributed by atoms with Crippen molar-refractivity contribution in [3.63, 3.8) is 0 Å². The van der Waals surface area contributed by atoms with Gasteiger partial charge in [0.25, 0.3) is 0 Å². The highest BCUT2D eigenvalue weighted by atomic mass is 16.3. The Balaban J connectivity index is 2.33. The average Bonchev–Trinajstić information content (AvgIpc) is 2.54. The van der Waals surface area contributed by atoms with Gasteiger partial charge in [-0.15, -0.1) is 0 Å². The van der Waals surface area contributed by atoms with Gasteiger partial charge in [0.15, 0.2) is 0 Å². The Bertz CT molecular complexity index is 209. The molecule has 3 nitrogen and oxygen atoms in total. The number of likely N-dealkylation sites (tertiary alicyclic amines) is 1. The second-order valence-electron chi connectivity index (χ2n) is 6.15. The van der Waals surface area contributed by atoms with E-state index in [1.54, 1.807) is 0 Å². The van der Waals surface area contributed by atoms with Crippen LogP contribution in [0.25, 0.3) is 0 Å². The van der Waals surface area contributed by atoms with Crippen molar-refractivity contribution >= 4 is 0 Å². The number of hydrogen-bond acceptors (Lipinski definition) is 3. The molecule has 2 atom stereocenters. The second kappa shape index (κ2) is 8.89. The van der Waals surface area contributed by atoms with Gasteiger partial charge in [-0.25, -0.2) is 0 Å². The largest absolute Gasteiger partial charge is 0.395 e. The van der Waals surface area contributed by atoms with Crippen molar-refractivity contribution in [3.05, 3.63) is 0 Å². The molecular formula is C15H32N2O. The SMILES string of the molecule is CCCN1CCCC(NC(CO)CC(C)C)CC1. The molecule has 0 aliphatic carbocycles. The van der Waals surface area contributed by atoms with Gasteiger partial charge < -0.3 is 15.3 Å². The normalized spacial score (nSPS) is 24.2. The fourth-order valence-corrected chi connectivity index (χ4v) is 2.96. The summed E-state index contributed by atoms with van der Waals surface area (Å²) in [5.74, 6) is 0.650. The van der Waals surface area contributed by atoms with Crippen LogP contribution in [-0.2, 0) is 0 Å². The number of rotatable bonds is 7. The first kappa shape index (κ1) is 15.9. The number of nitrogens with zero attached hydrogens (tertiary/aromatic N) is 1. The zero-order chi connectivity index (χ0) is 13.4. The van der Waals surface area contributed by atoms with Crippen molar-refractivity contribution in [2.75, 3.05) is 26.2 Å². The van der Waals surface area contributed by atoms with Gasteiger partial charge >= 0.3 is 0 Å². The Morgan fingerprint density at radius 2 is 2.06 bits per heavy atom. The van der Waals surface area contributed by atoms with Crippen LogP contribution in [0.1, 0.15) is 52.9 Å². The summed E-state index contributed by atoms with van der Waals surface area (Å²) < 4.78 is 0. The van der Waals surface area contributed by atoms with Gasteiger partial charge in [0.05, 0.1) is 6.61 Å². The first-order valence-electron chi connectivity index (χ1n) is 7.75. The molecule has 1 heterocycles. The van der Waals surface area contributed by atoms with Crippen molar-refractivity contribution in [3.8, 4) is 0 Å². The summed E-state index contributed by atoms with van der Waals surface area (Å²) in [6.07, 6.45) is 6.11. The highest BCUT2D eigenvalue weighted by Gasteiger charge is 2.19. The maximum Gasteiger partial charge on any atom is 0.0584 e. The molecule has 0 aromatic rings. The topological polar surface area (TPSA) is 35.5 Å². The predicted octanol–water partition coefficient (Wildman–Crippen LogP) is 2.25. The Morgan fingerprint density at radius 3 is 2.67 bits per heavy atom. The van der Waals surface area contributed by atoms with Crippen LogP contribution in [0.2, 0.25) is 0 Å². The molecule has 0 amide bonds. The third kappa shape index (κ3) is 6.17. The summed E-state index contributed by atoms with van der Waals surface area (Å²) in [6, 6.07) is 0.885. The van der Waals surface area contributed by atoms with Crippen LogP contribution in [0, 0.1) is 5.92 Å². The minimum absolute atomic E-state index is 0.271. The Morgan fingerprint density at radius 1 is 1.28 bits per heavy atom. The van der Waals surface area contributed by atoms with Crippen molar-refractivity contribution in [2.24, 2.45) is 5.92 Å². The summed E-state index contributed by atoms with van der Waals surface area (Å²) in [5, 5.41) is 13.1. The fraction of sp³-hybridized carbons (Fsp3) is 1.00. The van der Waals surface area contributed by atoms with E-state index >= 15 is 0 Å². The minimum atomic E-state index is 0.271. The molecule has 108 valence electrons. The molecule has 1 fully saturated rings. The molecular weight excluding hydrogens is 224 g/mol. The third-order valence-corrected chi connectivity index (χ3v) is 3.81. The fourth-order valence-electron chi connectivity index (χ4n) is 2.96. The van der Waals surface area contributed by atoms with Crippen molar-refractivity contribution < 1.29 is 5.11 Å². The van der Waals surface area contributed by atoms with Gasteiger partial charge in [0.1, 0.15) is 0 Å². The van der Waals surface area contributed by atoms with Gasteiger partial charge in [0.2, 0.25) is 0 Å². The lowest BCUT2D eigenvalue weighted by Gasteiger charge is -2.25. The van der Waals surface area contributed by atoms with E-state index in [0.717, 1.165) is 6.42 Å². The first-order chi connectivity index (χ1) is 8.65. The van der Waals surface area contributed by atoms with Crippen LogP contribution in [0.3, 0.4) is 0 Å². The van der Waals surface area contributed by atoms with Crippen LogP contribution in [0.15, 0.2) is 0 Å². The number of aliphatic hydroxyl groups excluding tert-OH is 1. The lowest BCUT2D eigenvalue weighted by molar-refractivity contribution is 0.207. The molecule has 1 aliphatic rings. The average molecular weight is 256 g/mol. The van der Waals surface area contributed by atoms with Crippen molar-refractivity contribution in [1.82, 2.24) is 10.2 Å². The van der Waals surface area contributed by atoms with Crippen molar-refractivity contribution in [2.45, 2.75) is 65.0 Å². The van der Waals surface area contributed by atoms with Crippen LogP contribution in [0.5, 0.6) is 0 Å². The molecule has 0 aromatic heterocycles. The van der Waals surface area contributed by atoms with E-state index in [1.165, 1.54) is 45.3 Å². The highest BCUT2D eigenvalue weighted by molar-refractivity contribution is 4.79. The molecule has 0 radical (unpaired) electrons. The van der Waals surface area contributed by atoms with Crippen molar-refractivity contribution in [1.29, 1.82) is 0 Å². The molecule has 18 heavy (non-hydrogen) atoms. The monoisotopic (exact) mass is 256 g/mol. The van der Waals surface area contributed by atoms with E-state index in [0.29, 0.717) is 12.0 Å². The molecule has 0 saturated carbocycles. The summed E-state index contributed by atoms with van der Waals surface area (Å²) in [6.45, 7) is 10.7. The quantitative estimate of drug-likeness (QED) is 0.733. The first-order valence-corrected chi connectivity index (χ1v) is 7.75. The molecule has 0 bridgehead atoms. The summed E-state index contributed by atoms with van der Waals surface area (Å²) >= 11 is 0. The van der Waals surface area contributed by atoms with Gasteiger partial charge in [-0.2, -0.15) is 0 Å². The molecule has 2 N–H and O–H groups in total. The van der Waals surface area contributed by atoms with Gasteiger partial charge in [0, 0.05) is 12.1 Å². The number of nitrogens with one attached hydrogen (secondary N) is 1. The lowest BCUT2D eigenvalue weighted by Crippen LogP contribution is -2.41. The molecule has 0 aromatic carbocycles. The maximum atomic E-state index is 9.44. The van der Waals surface area contributed by atoms with E-state index in [2.05, 4.69) is 31.0 Å². The van der Waals surface area contributed by atoms with Gasteiger partial charge in [-0.3, -0.25) is 0 Å². The molecule has 3 heteroatoms. The third-order valence-electron chi connectivity index (χ3n) is 3.81. The highest BCUT2D eigenvalue weighted by Crippen LogP contribution is 2.14. The summed E-state index contributed by atoms with van der Waals surface area (Å²) in [4.78, 5) is 2.58. The Kier molecular flexibility index (Phi) is 7.87. The number of hydrogen-bond donors (Lipinski definition) is 2. The predicted molar refractivity (Wildman–Crippen MR) is 77.8 cm³/mol. The van der Waals surface area contributed by atoms with E-state index in [-0.39, 0.29) is 12.6 Å². The molecule has 2 unspecified atom stereocenters. The molecule has 1 rings (SSSR count). The van der Waals surface area contributed by atoms with Crippen LogP contribution in [-0.4, -0.2) is 48.3 Å².